The van der Waals surface area contributed by atoms with Gasteiger partial charge in [0.2, 0.25) is 0 Å². The standard InChI is InChI=1S/C14H20N4O2/c1-3-8-16-13-6-5-12(10-14(13)18(19)20)11-17(2)9-4-7-15/h5-6,10,16H,3-4,8-9,11H2,1-2H3. The van der Waals surface area contributed by atoms with Crippen LogP contribution in [0.25, 0.3) is 0 Å². The maximum Gasteiger partial charge on any atom is 0.292 e. The number of anilines is 1. The Morgan fingerprint density at radius 3 is 2.85 bits per heavy atom. The molecule has 1 N–H and O–H groups in total. The first-order valence-corrected chi connectivity index (χ1v) is 6.65. The van der Waals surface area contributed by atoms with Crippen LogP contribution < -0.4 is 5.32 Å². The summed E-state index contributed by atoms with van der Waals surface area (Å²) in [6.07, 6.45) is 1.37. The highest BCUT2D eigenvalue weighted by atomic mass is 16.6. The zero-order chi connectivity index (χ0) is 15.0. The third-order valence-corrected chi connectivity index (χ3v) is 2.88. The number of nitro benzene ring substituents is 1. The van der Waals surface area contributed by atoms with Gasteiger partial charge in [0, 0.05) is 32.1 Å². The molecule has 0 amide bonds. The first-order valence-electron chi connectivity index (χ1n) is 6.65. The van der Waals surface area contributed by atoms with Gasteiger partial charge in [-0.25, -0.2) is 0 Å². The van der Waals surface area contributed by atoms with E-state index in [2.05, 4.69) is 11.4 Å². The van der Waals surface area contributed by atoms with Gasteiger partial charge in [-0.2, -0.15) is 5.26 Å². The van der Waals surface area contributed by atoms with E-state index in [0.29, 0.717) is 31.7 Å². The molecule has 0 aliphatic carbocycles. The third kappa shape index (κ3) is 4.86. The summed E-state index contributed by atoms with van der Waals surface area (Å²) in [6, 6.07) is 7.32. The minimum absolute atomic E-state index is 0.102. The zero-order valence-electron chi connectivity index (χ0n) is 11.9. The van der Waals surface area contributed by atoms with Gasteiger partial charge < -0.3 is 10.2 Å². The molecular formula is C14H20N4O2. The number of hydrogen-bond acceptors (Lipinski definition) is 5. The second kappa shape index (κ2) is 8.12. The minimum Gasteiger partial charge on any atom is -0.380 e. The molecular weight excluding hydrogens is 256 g/mol. The third-order valence-electron chi connectivity index (χ3n) is 2.88. The van der Waals surface area contributed by atoms with Crippen molar-refractivity contribution in [1.82, 2.24) is 4.90 Å². The van der Waals surface area contributed by atoms with Gasteiger partial charge in [-0.3, -0.25) is 10.1 Å². The van der Waals surface area contributed by atoms with Crippen molar-refractivity contribution in [3.63, 3.8) is 0 Å². The Morgan fingerprint density at radius 2 is 2.25 bits per heavy atom. The summed E-state index contributed by atoms with van der Waals surface area (Å²) < 4.78 is 0. The molecule has 0 radical (unpaired) electrons. The Hall–Kier alpha value is -2.13. The fourth-order valence-electron chi connectivity index (χ4n) is 1.87. The summed E-state index contributed by atoms with van der Waals surface area (Å²) in [5.74, 6) is 0. The van der Waals surface area contributed by atoms with E-state index in [1.54, 1.807) is 12.1 Å². The van der Waals surface area contributed by atoms with Crippen LogP contribution in [0.5, 0.6) is 0 Å². The minimum atomic E-state index is -0.364. The Labute approximate surface area is 119 Å². The molecule has 0 spiro atoms. The van der Waals surface area contributed by atoms with Crippen LogP contribution in [0, 0.1) is 21.4 Å². The van der Waals surface area contributed by atoms with Crippen molar-refractivity contribution < 1.29 is 4.92 Å². The summed E-state index contributed by atoms with van der Waals surface area (Å²) in [5, 5.41) is 22.7. The first kappa shape index (κ1) is 15.9. The van der Waals surface area contributed by atoms with Crippen molar-refractivity contribution in [2.75, 3.05) is 25.5 Å². The molecule has 0 aliphatic rings. The molecule has 0 saturated carbocycles. The number of hydrogen-bond donors (Lipinski definition) is 1. The summed E-state index contributed by atoms with van der Waals surface area (Å²) in [5.41, 5.74) is 1.53. The lowest BCUT2D eigenvalue weighted by Crippen LogP contribution is -2.18. The lowest BCUT2D eigenvalue weighted by molar-refractivity contribution is -0.384. The van der Waals surface area contributed by atoms with Crippen LogP contribution in [0.2, 0.25) is 0 Å². The van der Waals surface area contributed by atoms with E-state index in [-0.39, 0.29) is 10.6 Å². The second-order valence-electron chi connectivity index (χ2n) is 4.68. The molecule has 1 aromatic carbocycles. The van der Waals surface area contributed by atoms with E-state index in [1.165, 1.54) is 0 Å². The zero-order valence-corrected chi connectivity index (χ0v) is 11.9. The maximum absolute atomic E-state index is 11.1. The van der Waals surface area contributed by atoms with Gasteiger partial charge in [0.1, 0.15) is 5.69 Å². The fraction of sp³-hybridized carbons (Fsp3) is 0.500. The number of nitrogens with zero attached hydrogens (tertiary/aromatic N) is 3. The molecule has 6 heteroatoms. The van der Waals surface area contributed by atoms with Gasteiger partial charge in [-0.15, -0.1) is 0 Å². The predicted octanol–water partition coefficient (Wildman–Crippen LogP) is 2.76. The van der Waals surface area contributed by atoms with Crippen LogP contribution >= 0.6 is 0 Å². The molecule has 1 aromatic rings. The van der Waals surface area contributed by atoms with Gasteiger partial charge in [0.15, 0.2) is 0 Å². The molecule has 6 nitrogen and oxygen atoms in total. The molecule has 0 aromatic heterocycles. The van der Waals surface area contributed by atoms with Crippen LogP contribution in [-0.4, -0.2) is 30.0 Å². The average molecular weight is 276 g/mol. The lowest BCUT2D eigenvalue weighted by Gasteiger charge is -2.15. The van der Waals surface area contributed by atoms with Crippen LogP contribution in [0.1, 0.15) is 25.3 Å². The fourth-order valence-corrected chi connectivity index (χ4v) is 1.87. The molecule has 1 rings (SSSR count). The van der Waals surface area contributed by atoms with Crippen molar-refractivity contribution >= 4 is 11.4 Å². The highest BCUT2D eigenvalue weighted by Gasteiger charge is 2.14. The summed E-state index contributed by atoms with van der Waals surface area (Å²) in [7, 11) is 1.90. The van der Waals surface area contributed by atoms with E-state index in [9.17, 15) is 10.1 Å². The molecule has 0 unspecified atom stereocenters. The van der Waals surface area contributed by atoms with E-state index in [0.717, 1.165) is 12.0 Å². The van der Waals surface area contributed by atoms with Gasteiger partial charge in [-0.05, 0) is 25.1 Å². The average Bonchev–Trinajstić information content (AvgIpc) is 2.43. The first-order chi connectivity index (χ1) is 9.58. The molecule has 108 valence electrons. The van der Waals surface area contributed by atoms with E-state index >= 15 is 0 Å². The Bertz CT molecular complexity index is 496. The molecule has 20 heavy (non-hydrogen) atoms. The Kier molecular flexibility index (Phi) is 6.47. The van der Waals surface area contributed by atoms with Crippen molar-refractivity contribution in [1.29, 1.82) is 5.26 Å². The van der Waals surface area contributed by atoms with Gasteiger partial charge in [-0.1, -0.05) is 13.0 Å². The molecule has 0 aliphatic heterocycles. The van der Waals surface area contributed by atoms with Crippen LogP contribution in [0.3, 0.4) is 0 Å². The molecule has 0 heterocycles. The molecule has 0 atom stereocenters. The smallest absolute Gasteiger partial charge is 0.292 e. The van der Waals surface area contributed by atoms with Gasteiger partial charge >= 0.3 is 0 Å². The van der Waals surface area contributed by atoms with Crippen molar-refractivity contribution in [3.05, 3.63) is 33.9 Å². The lowest BCUT2D eigenvalue weighted by atomic mass is 10.1. The van der Waals surface area contributed by atoms with Crippen molar-refractivity contribution in [2.24, 2.45) is 0 Å². The van der Waals surface area contributed by atoms with E-state index in [4.69, 9.17) is 5.26 Å². The summed E-state index contributed by atoms with van der Waals surface area (Å²) in [4.78, 5) is 12.7. The van der Waals surface area contributed by atoms with Crippen molar-refractivity contribution in [3.8, 4) is 6.07 Å². The maximum atomic E-state index is 11.1. The predicted molar refractivity (Wildman–Crippen MR) is 78.4 cm³/mol. The quantitative estimate of drug-likeness (QED) is 0.583. The Morgan fingerprint density at radius 1 is 1.50 bits per heavy atom. The summed E-state index contributed by atoms with van der Waals surface area (Å²) in [6.45, 7) is 3.97. The normalized spacial score (nSPS) is 10.3. The number of nitro groups is 1. The highest BCUT2D eigenvalue weighted by molar-refractivity contribution is 5.62. The summed E-state index contributed by atoms with van der Waals surface area (Å²) >= 11 is 0. The molecule has 0 saturated heterocycles. The van der Waals surface area contributed by atoms with E-state index in [1.807, 2.05) is 24.9 Å². The number of nitriles is 1. The number of rotatable bonds is 8. The number of nitrogens with one attached hydrogen (secondary N) is 1. The Balaban J connectivity index is 2.82. The topological polar surface area (TPSA) is 82.2 Å². The van der Waals surface area contributed by atoms with Crippen molar-refractivity contribution in [2.45, 2.75) is 26.3 Å². The number of benzene rings is 1. The second-order valence-corrected chi connectivity index (χ2v) is 4.68. The van der Waals surface area contributed by atoms with Gasteiger partial charge in [0.25, 0.3) is 5.69 Å². The van der Waals surface area contributed by atoms with Gasteiger partial charge in [0.05, 0.1) is 11.0 Å². The monoisotopic (exact) mass is 276 g/mol. The van der Waals surface area contributed by atoms with Crippen LogP contribution in [0.4, 0.5) is 11.4 Å². The van der Waals surface area contributed by atoms with Crippen LogP contribution in [-0.2, 0) is 6.54 Å². The largest absolute Gasteiger partial charge is 0.380 e. The highest BCUT2D eigenvalue weighted by Crippen LogP contribution is 2.26. The van der Waals surface area contributed by atoms with E-state index < -0.39 is 0 Å². The van der Waals surface area contributed by atoms with Crippen LogP contribution in [0.15, 0.2) is 18.2 Å². The molecule has 0 fully saturated rings. The SMILES string of the molecule is CCCNc1ccc(CN(C)CCC#N)cc1[N+](=O)[O-]. The molecule has 0 bridgehead atoms.